The van der Waals surface area contributed by atoms with Crippen molar-refractivity contribution in [1.29, 1.82) is 0 Å². The molecule has 27 heavy (non-hydrogen) atoms. The van der Waals surface area contributed by atoms with Crippen LogP contribution in [0.4, 0.5) is 4.39 Å². The molecule has 0 heterocycles. The maximum Gasteiger partial charge on any atom is 0.331 e. The third-order valence-electron chi connectivity index (χ3n) is 3.81. The number of allylic oxidation sites excluding steroid dienone is 6. The Morgan fingerprint density at radius 3 is 2.37 bits per heavy atom. The average molecular weight is 434 g/mol. The number of carboxylic acid groups (broad SMARTS) is 1. The van der Waals surface area contributed by atoms with E-state index in [9.17, 15) is 9.18 Å². The van der Waals surface area contributed by atoms with Crippen LogP contribution in [0.15, 0.2) is 46.8 Å². The van der Waals surface area contributed by atoms with Gasteiger partial charge in [0.05, 0.1) is 17.2 Å². The summed E-state index contributed by atoms with van der Waals surface area (Å²) in [4.78, 5) is 11.1. The molecule has 0 aliphatic rings. The topological polar surface area (TPSA) is 46.5 Å². The lowest BCUT2D eigenvalue weighted by Gasteiger charge is -2.09. The Morgan fingerprint density at radius 2 is 1.85 bits per heavy atom. The third-order valence-corrected chi connectivity index (χ3v) is 4.99. The number of methoxy groups -OCH3 is 1. The largest absolute Gasteiger partial charge is 0.495 e. The summed E-state index contributed by atoms with van der Waals surface area (Å²) < 4.78 is 19.3. The molecule has 0 aromatic heterocycles. The maximum atomic E-state index is 14.2. The van der Waals surface area contributed by atoms with E-state index >= 15 is 0 Å². The van der Waals surface area contributed by atoms with Crippen LogP contribution in [0, 0.1) is 0 Å². The molecule has 0 amide bonds. The van der Waals surface area contributed by atoms with Crippen molar-refractivity contribution in [3.63, 3.8) is 0 Å². The van der Waals surface area contributed by atoms with Gasteiger partial charge in [-0.3, -0.25) is 0 Å². The van der Waals surface area contributed by atoms with Crippen molar-refractivity contribution in [2.45, 2.75) is 27.2 Å². The van der Waals surface area contributed by atoms with Gasteiger partial charge in [-0.1, -0.05) is 65.5 Å². The number of halogens is 4. The van der Waals surface area contributed by atoms with Crippen molar-refractivity contribution in [2.75, 3.05) is 7.11 Å². The summed E-state index contributed by atoms with van der Waals surface area (Å²) in [6.45, 7) is 4.86. The van der Waals surface area contributed by atoms with Gasteiger partial charge in [0.25, 0.3) is 0 Å². The first-order chi connectivity index (χ1) is 12.6. The van der Waals surface area contributed by atoms with Crippen molar-refractivity contribution in [1.82, 2.24) is 0 Å². The SMILES string of the molecule is CCC(C(=O)O)=C(C)C(F)=CC=C(C)C=Cc1c(Cl)cc(OC)c(Cl)c1Cl. The molecule has 0 aliphatic carbocycles. The van der Waals surface area contributed by atoms with E-state index in [1.807, 2.05) is 0 Å². The first kappa shape index (κ1) is 23.3. The Kier molecular flexibility index (Phi) is 9.10. The van der Waals surface area contributed by atoms with Crippen LogP contribution in [-0.2, 0) is 4.79 Å². The predicted molar refractivity (Wildman–Crippen MR) is 111 cm³/mol. The molecule has 1 aromatic carbocycles. The molecule has 1 rings (SSSR count). The first-order valence-corrected chi connectivity index (χ1v) is 9.14. The molecule has 0 unspecified atom stereocenters. The van der Waals surface area contributed by atoms with E-state index in [2.05, 4.69) is 0 Å². The summed E-state index contributed by atoms with van der Waals surface area (Å²) in [6.07, 6.45) is 6.33. The molecule has 0 radical (unpaired) electrons. The van der Waals surface area contributed by atoms with Crippen LogP contribution in [-0.4, -0.2) is 18.2 Å². The molecule has 0 bridgehead atoms. The molecule has 0 fully saturated rings. The van der Waals surface area contributed by atoms with Crippen molar-refractivity contribution in [3.05, 3.63) is 67.5 Å². The van der Waals surface area contributed by atoms with Gasteiger partial charge in [0, 0.05) is 17.2 Å². The van der Waals surface area contributed by atoms with E-state index in [-0.39, 0.29) is 27.6 Å². The van der Waals surface area contributed by atoms with Gasteiger partial charge < -0.3 is 9.84 Å². The van der Waals surface area contributed by atoms with Crippen molar-refractivity contribution >= 4 is 46.8 Å². The second-order valence-electron chi connectivity index (χ2n) is 5.62. The fourth-order valence-electron chi connectivity index (χ4n) is 2.21. The molecular weight excluding hydrogens is 414 g/mol. The van der Waals surface area contributed by atoms with E-state index in [1.165, 1.54) is 26.2 Å². The van der Waals surface area contributed by atoms with Gasteiger partial charge in [-0.05, 0) is 31.9 Å². The molecule has 3 nitrogen and oxygen atoms in total. The smallest absolute Gasteiger partial charge is 0.331 e. The zero-order chi connectivity index (χ0) is 20.7. The highest BCUT2D eigenvalue weighted by Gasteiger charge is 2.13. The molecule has 0 saturated heterocycles. The Hall–Kier alpha value is -1.75. The molecule has 0 saturated carbocycles. The van der Waals surface area contributed by atoms with Gasteiger partial charge in [0.1, 0.15) is 16.6 Å². The van der Waals surface area contributed by atoms with E-state index in [4.69, 9.17) is 44.6 Å². The number of rotatable bonds is 7. The lowest BCUT2D eigenvalue weighted by atomic mass is 10.1. The van der Waals surface area contributed by atoms with Crippen LogP contribution in [0.5, 0.6) is 5.75 Å². The van der Waals surface area contributed by atoms with Gasteiger partial charge in [-0.15, -0.1) is 0 Å². The summed E-state index contributed by atoms with van der Waals surface area (Å²) in [6, 6.07) is 1.56. The molecular formula is C20H20Cl3FO3. The number of carboxylic acids is 1. The highest BCUT2D eigenvalue weighted by Crippen LogP contribution is 2.39. The van der Waals surface area contributed by atoms with Crippen LogP contribution < -0.4 is 4.74 Å². The number of ether oxygens (including phenoxy) is 1. The molecule has 0 aliphatic heterocycles. The van der Waals surface area contributed by atoms with E-state index in [0.717, 1.165) is 0 Å². The molecule has 1 N–H and O–H groups in total. The molecule has 146 valence electrons. The van der Waals surface area contributed by atoms with Gasteiger partial charge >= 0.3 is 5.97 Å². The second-order valence-corrected chi connectivity index (χ2v) is 6.79. The first-order valence-electron chi connectivity index (χ1n) is 8.01. The summed E-state index contributed by atoms with van der Waals surface area (Å²) in [5.41, 5.74) is 1.35. The number of carbonyl (C=O) groups is 1. The minimum absolute atomic E-state index is 0.0387. The summed E-state index contributed by atoms with van der Waals surface area (Å²) in [5, 5.41) is 9.93. The second kappa shape index (κ2) is 10.5. The highest BCUT2D eigenvalue weighted by atomic mass is 35.5. The van der Waals surface area contributed by atoms with Crippen LogP contribution >= 0.6 is 34.8 Å². The summed E-state index contributed by atoms with van der Waals surface area (Å²) in [7, 11) is 1.46. The normalized spacial score (nSPS) is 13.8. The van der Waals surface area contributed by atoms with Gasteiger partial charge in [0.15, 0.2) is 0 Å². The van der Waals surface area contributed by atoms with Crippen molar-refractivity contribution in [3.8, 4) is 5.75 Å². The average Bonchev–Trinajstić information content (AvgIpc) is 2.62. The van der Waals surface area contributed by atoms with Gasteiger partial charge in [-0.25, -0.2) is 9.18 Å². The Bertz CT molecular complexity index is 853. The van der Waals surface area contributed by atoms with Gasteiger partial charge in [-0.2, -0.15) is 0 Å². The van der Waals surface area contributed by atoms with Crippen molar-refractivity contribution < 1.29 is 19.0 Å². The quantitative estimate of drug-likeness (QED) is 0.279. The maximum absolute atomic E-state index is 14.2. The Balaban J connectivity index is 3.14. The minimum atomic E-state index is -1.13. The van der Waals surface area contributed by atoms with Crippen LogP contribution in [0.2, 0.25) is 15.1 Å². The highest BCUT2D eigenvalue weighted by molar-refractivity contribution is 6.45. The zero-order valence-corrected chi connectivity index (χ0v) is 17.6. The number of benzene rings is 1. The Morgan fingerprint density at radius 1 is 1.22 bits per heavy atom. The van der Waals surface area contributed by atoms with E-state index in [0.29, 0.717) is 21.9 Å². The van der Waals surface area contributed by atoms with Crippen LogP contribution in [0.3, 0.4) is 0 Å². The zero-order valence-electron chi connectivity index (χ0n) is 15.4. The lowest BCUT2D eigenvalue weighted by molar-refractivity contribution is -0.132. The molecule has 7 heteroatoms. The fourth-order valence-corrected chi connectivity index (χ4v) is 3.01. The monoisotopic (exact) mass is 432 g/mol. The predicted octanol–water partition coefficient (Wildman–Crippen LogP) is 7.28. The summed E-state index contributed by atoms with van der Waals surface area (Å²) in [5.74, 6) is -1.36. The molecule has 1 aromatic rings. The Labute approximate surface area is 173 Å². The van der Waals surface area contributed by atoms with Gasteiger partial charge in [0.2, 0.25) is 0 Å². The van der Waals surface area contributed by atoms with Crippen molar-refractivity contribution in [2.24, 2.45) is 0 Å². The molecule has 0 atom stereocenters. The van der Waals surface area contributed by atoms with E-state index in [1.54, 1.807) is 32.1 Å². The minimum Gasteiger partial charge on any atom is -0.495 e. The lowest BCUT2D eigenvalue weighted by Crippen LogP contribution is -2.02. The number of hydrogen-bond acceptors (Lipinski definition) is 2. The van der Waals surface area contributed by atoms with Crippen LogP contribution in [0.1, 0.15) is 32.8 Å². The fraction of sp³-hybridized carbons (Fsp3) is 0.250. The number of hydrogen-bond donors (Lipinski definition) is 1. The molecule has 0 spiro atoms. The third kappa shape index (κ3) is 6.13. The van der Waals surface area contributed by atoms with E-state index < -0.39 is 11.8 Å². The van der Waals surface area contributed by atoms with Crippen LogP contribution in [0.25, 0.3) is 6.08 Å². The number of aliphatic carboxylic acids is 1. The standard InChI is InChI=1S/C20H20Cl3FO3/c1-5-13(20(25)26)12(3)16(24)9-7-11(2)6-8-14-15(21)10-17(27-4)19(23)18(14)22/h6-10H,5H2,1-4H3,(H,25,26). The summed E-state index contributed by atoms with van der Waals surface area (Å²) >= 11 is 18.5.